The summed E-state index contributed by atoms with van der Waals surface area (Å²) < 4.78 is 31.0. The highest BCUT2D eigenvalue weighted by atomic mass is 32.2. The Hall–Kier alpha value is -3.59. The van der Waals surface area contributed by atoms with Gasteiger partial charge in [0.15, 0.2) is 6.10 Å². The van der Waals surface area contributed by atoms with Crippen LogP contribution in [-0.4, -0.2) is 32.6 Å². The second-order valence-corrected chi connectivity index (χ2v) is 8.86. The molecule has 0 heterocycles. The predicted molar refractivity (Wildman–Crippen MR) is 119 cm³/mol. The fourth-order valence-corrected chi connectivity index (χ4v) is 3.48. The van der Waals surface area contributed by atoms with E-state index in [2.05, 4.69) is 15.6 Å². The first-order chi connectivity index (χ1) is 14.6. The number of ether oxygens (including phenoxy) is 1. The minimum atomic E-state index is -3.49. The van der Waals surface area contributed by atoms with Crippen molar-refractivity contribution in [1.29, 1.82) is 0 Å². The third-order valence-corrected chi connectivity index (χ3v) is 5.09. The van der Waals surface area contributed by atoms with Crippen molar-refractivity contribution in [2.75, 3.05) is 11.0 Å². The Balaban J connectivity index is 1.60. The first kappa shape index (κ1) is 22.1. The molecule has 3 N–H and O–H groups in total. The van der Waals surface area contributed by atoms with Gasteiger partial charge < -0.3 is 4.74 Å². The molecule has 0 aromatic heterocycles. The number of carbonyl (C=O) groups excluding carboxylic acids is 2. The molecule has 0 aliphatic heterocycles. The van der Waals surface area contributed by atoms with Crippen molar-refractivity contribution in [2.24, 2.45) is 0 Å². The van der Waals surface area contributed by atoms with E-state index in [9.17, 15) is 18.0 Å². The summed E-state index contributed by atoms with van der Waals surface area (Å²) in [6, 6.07) is 17.8. The summed E-state index contributed by atoms with van der Waals surface area (Å²) in [6.07, 6.45) is 0.165. The molecule has 3 aromatic rings. The van der Waals surface area contributed by atoms with E-state index in [0.29, 0.717) is 11.3 Å². The molecule has 2 amide bonds. The Labute approximate surface area is 180 Å². The molecule has 31 heavy (non-hydrogen) atoms. The number of sulfonamides is 1. The van der Waals surface area contributed by atoms with Crippen molar-refractivity contribution in [2.45, 2.75) is 20.0 Å². The topological polar surface area (TPSA) is 114 Å². The van der Waals surface area contributed by atoms with Crippen molar-refractivity contribution in [3.05, 3.63) is 71.8 Å². The maximum atomic E-state index is 12.4. The number of aryl methyl sites for hydroxylation is 1. The zero-order chi connectivity index (χ0) is 22.6. The van der Waals surface area contributed by atoms with Gasteiger partial charge in [-0.3, -0.25) is 25.2 Å². The third-order valence-electron chi connectivity index (χ3n) is 4.50. The average molecular weight is 442 g/mol. The summed E-state index contributed by atoms with van der Waals surface area (Å²) in [6.45, 7) is 3.28. The summed E-state index contributed by atoms with van der Waals surface area (Å²) in [7, 11) is -3.49. The predicted octanol–water partition coefficient (Wildman–Crippen LogP) is 2.75. The first-order valence-corrected chi connectivity index (χ1v) is 11.4. The molecule has 3 rings (SSSR count). The number of anilines is 1. The van der Waals surface area contributed by atoms with E-state index < -0.39 is 27.9 Å². The molecule has 0 fully saturated rings. The molecule has 0 saturated carbocycles. The normalized spacial score (nSPS) is 12.1. The van der Waals surface area contributed by atoms with Gasteiger partial charge in [0.1, 0.15) is 5.75 Å². The summed E-state index contributed by atoms with van der Waals surface area (Å²) >= 11 is 0. The van der Waals surface area contributed by atoms with Crippen molar-refractivity contribution in [1.82, 2.24) is 10.9 Å². The van der Waals surface area contributed by atoms with Crippen LogP contribution in [-0.2, 0) is 14.8 Å². The standard InChI is InChI=1S/C22H23N3O5S/c1-14-8-9-18(13-20(14)25-31(3,28)29)22(27)24-23-21(26)15(2)30-19-11-10-16-6-4-5-7-17(16)12-19/h4-13,15,25H,1-3H3,(H,23,26)(H,24,27)/t15-/m0/s1. The van der Waals surface area contributed by atoms with Gasteiger partial charge >= 0.3 is 0 Å². The molecule has 0 aliphatic rings. The van der Waals surface area contributed by atoms with Crippen LogP contribution in [0.1, 0.15) is 22.8 Å². The molecule has 0 radical (unpaired) electrons. The average Bonchev–Trinajstić information content (AvgIpc) is 2.72. The highest BCUT2D eigenvalue weighted by molar-refractivity contribution is 7.92. The van der Waals surface area contributed by atoms with Crippen LogP contribution in [0.25, 0.3) is 10.8 Å². The first-order valence-electron chi connectivity index (χ1n) is 9.46. The number of fused-ring (bicyclic) bond motifs is 1. The maximum Gasteiger partial charge on any atom is 0.279 e. The lowest BCUT2D eigenvalue weighted by Gasteiger charge is -2.16. The lowest BCUT2D eigenvalue weighted by Crippen LogP contribution is -2.47. The largest absolute Gasteiger partial charge is 0.481 e. The molecule has 3 aromatic carbocycles. The number of hydrogen-bond donors (Lipinski definition) is 3. The van der Waals surface area contributed by atoms with Gasteiger partial charge in [0.25, 0.3) is 11.8 Å². The minimum Gasteiger partial charge on any atom is -0.481 e. The van der Waals surface area contributed by atoms with Crippen LogP contribution in [0.2, 0.25) is 0 Å². The number of rotatable bonds is 6. The maximum absolute atomic E-state index is 12.4. The van der Waals surface area contributed by atoms with Crippen molar-refractivity contribution >= 4 is 38.3 Å². The SMILES string of the molecule is Cc1ccc(C(=O)NNC(=O)[C@H](C)Oc2ccc3ccccc3c2)cc1NS(C)(=O)=O. The van der Waals surface area contributed by atoms with Gasteiger partial charge in [-0.1, -0.05) is 36.4 Å². The zero-order valence-electron chi connectivity index (χ0n) is 17.3. The second kappa shape index (κ2) is 9.05. The number of amides is 2. The summed E-state index contributed by atoms with van der Waals surface area (Å²) in [4.78, 5) is 24.7. The minimum absolute atomic E-state index is 0.181. The molecule has 9 heteroatoms. The highest BCUT2D eigenvalue weighted by Gasteiger charge is 2.17. The van der Waals surface area contributed by atoms with Gasteiger partial charge in [0, 0.05) is 5.56 Å². The van der Waals surface area contributed by atoms with Crippen molar-refractivity contribution in [3.63, 3.8) is 0 Å². The molecule has 0 bridgehead atoms. The van der Waals surface area contributed by atoms with E-state index in [1.165, 1.54) is 12.1 Å². The lowest BCUT2D eigenvalue weighted by molar-refractivity contribution is -0.128. The number of carbonyl (C=O) groups is 2. The molecule has 0 saturated heterocycles. The van der Waals surface area contributed by atoms with Gasteiger partial charge in [-0.25, -0.2) is 8.42 Å². The number of hydrogen-bond acceptors (Lipinski definition) is 5. The van der Waals surface area contributed by atoms with E-state index in [1.807, 2.05) is 36.4 Å². The van der Waals surface area contributed by atoms with Crippen molar-refractivity contribution in [3.8, 4) is 5.75 Å². The van der Waals surface area contributed by atoms with Crippen LogP contribution in [0.3, 0.4) is 0 Å². The Kier molecular flexibility index (Phi) is 6.45. The Morgan fingerprint density at radius 1 is 0.935 bits per heavy atom. The van der Waals surface area contributed by atoms with Crippen LogP contribution in [0, 0.1) is 6.92 Å². The molecule has 0 aliphatic carbocycles. The summed E-state index contributed by atoms with van der Waals surface area (Å²) in [5.74, 6) is -0.603. The fraction of sp³-hybridized carbons (Fsp3) is 0.182. The van der Waals surface area contributed by atoms with E-state index in [-0.39, 0.29) is 11.3 Å². The monoisotopic (exact) mass is 441 g/mol. The number of nitrogens with one attached hydrogen (secondary N) is 3. The molecule has 8 nitrogen and oxygen atoms in total. The van der Waals surface area contributed by atoms with Crippen LogP contribution in [0.15, 0.2) is 60.7 Å². The van der Waals surface area contributed by atoms with Gasteiger partial charge in [0.2, 0.25) is 10.0 Å². The van der Waals surface area contributed by atoms with E-state index in [4.69, 9.17) is 4.74 Å². The lowest BCUT2D eigenvalue weighted by atomic mass is 10.1. The summed E-state index contributed by atoms with van der Waals surface area (Å²) in [5.41, 5.74) is 5.75. The van der Waals surface area contributed by atoms with Crippen molar-refractivity contribution < 1.29 is 22.7 Å². The molecule has 162 valence electrons. The number of hydrazine groups is 1. The quantitative estimate of drug-likeness (QED) is 0.509. The second-order valence-electron chi connectivity index (χ2n) is 7.12. The number of benzene rings is 3. The Bertz CT molecular complexity index is 1240. The third kappa shape index (κ3) is 5.95. The Morgan fingerprint density at radius 3 is 2.35 bits per heavy atom. The molecular formula is C22H23N3O5S. The molecular weight excluding hydrogens is 418 g/mol. The Morgan fingerprint density at radius 2 is 1.65 bits per heavy atom. The van der Waals surface area contributed by atoms with E-state index in [1.54, 1.807) is 26.0 Å². The smallest absolute Gasteiger partial charge is 0.279 e. The summed E-state index contributed by atoms with van der Waals surface area (Å²) in [5, 5.41) is 2.04. The van der Waals surface area contributed by atoms with E-state index >= 15 is 0 Å². The van der Waals surface area contributed by atoms with Gasteiger partial charge in [-0.15, -0.1) is 0 Å². The van der Waals surface area contributed by atoms with Crippen LogP contribution >= 0.6 is 0 Å². The van der Waals surface area contributed by atoms with Gasteiger partial charge in [-0.05, 0) is 54.4 Å². The highest BCUT2D eigenvalue weighted by Crippen LogP contribution is 2.21. The van der Waals surface area contributed by atoms with Gasteiger partial charge in [-0.2, -0.15) is 0 Å². The fourth-order valence-electron chi connectivity index (χ4n) is 2.86. The van der Waals surface area contributed by atoms with Crippen LogP contribution in [0.4, 0.5) is 5.69 Å². The molecule has 0 unspecified atom stereocenters. The van der Waals surface area contributed by atoms with Crippen LogP contribution < -0.4 is 20.3 Å². The molecule has 0 spiro atoms. The van der Waals surface area contributed by atoms with Crippen LogP contribution in [0.5, 0.6) is 5.75 Å². The zero-order valence-corrected chi connectivity index (χ0v) is 18.1. The molecule has 1 atom stereocenters. The van der Waals surface area contributed by atoms with E-state index in [0.717, 1.165) is 17.0 Å². The van der Waals surface area contributed by atoms with Gasteiger partial charge in [0.05, 0.1) is 11.9 Å².